The number of halogens is 4. The Morgan fingerprint density at radius 3 is 2.73 bits per heavy atom. The van der Waals surface area contributed by atoms with Crippen LogP contribution >= 0.6 is 11.6 Å². The topological polar surface area (TPSA) is 102 Å². The fourth-order valence-corrected chi connectivity index (χ4v) is 3.36. The third kappa shape index (κ3) is 3.45. The lowest BCUT2D eigenvalue weighted by molar-refractivity contribution is -0.178. The summed E-state index contributed by atoms with van der Waals surface area (Å²) in [6, 6.07) is 1.37. The quantitative estimate of drug-likeness (QED) is 0.629. The van der Waals surface area contributed by atoms with Gasteiger partial charge in [-0.15, -0.1) is 0 Å². The molecule has 1 aromatic carbocycles. The van der Waals surface area contributed by atoms with E-state index >= 15 is 0 Å². The Balaban J connectivity index is 1.84. The smallest absolute Gasteiger partial charge is 0.393 e. The van der Waals surface area contributed by atoms with Crippen molar-refractivity contribution in [1.29, 1.82) is 0 Å². The molecule has 156 valence electrons. The Morgan fingerprint density at radius 1 is 1.33 bits per heavy atom. The molecular formula is C19H15ClF3N5O2. The van der Waals surface area contributed by atoms with Crippen molar-refractivity contribution in [3.63, 3.8) is 0 Å². The van der Waals surface area contributed by atoms with Crippen LogP contribution < -0.4 is 21.9 Å². The second kappa shape index (κ2) is 6.95. The average molecular weight is 438 g/mol. The lowest BCUT2D eigenvalue weighted by Crippen LogP contribution is -2.59. The average Bonchev–Trinajstić information content (AvgIpc) is 3.48. The Bertz CT molecular complexity index is 1160. The molecule has 1 aliphatic heterocycles. The number of carbonyl (C=O) groups excluding carboxylic acids is 1. The zero-order valence-electron chi connectivity index (χ0n) is 15.3. The largest absolute Gasteiger partial charge is 0.427 e. The number of carbonyl (C=O) groups is 1. The zero-order chi connectivity index (χ0) is 21.7. The van der Waals surface area contributed by atoms with Crippen molar-refractivity contribution in [3.05, 3.63) is 51.2 Å². The fourth-order valence-electron chi connectivity index (χ4n) is 3.14. The number of nitrogens with two attached hydrogens (primary N) is 1. The van der Waals surface area contributed by atoms with Crippen molar-refractivity contribution in [1.82, 2.24) is 14.9 Å². The molecule has 1 saturated carbocycles. The van der Waals surface area contributed by atoms with Crippen molar-refractivity contribution in [2.75, 3.05) is 11.1 Å². The number of hydrogen-bond acceptors (Lipinski definition) is 4. The summed E-state index contributed by atoms with van der Waals surface area (Å²) < 4.78 is 43.6. The third-order valence-corrected chi connectivity index (χ3v) is 5.23. The number of alkyl halides is 3. The molecule has 0 saturated heterocycles. The lowest BCUT2D eigenvalue weighted by atomic mass is 9.85. The molecule has 1 unspecified atom stereocenters. The lowest BCUT2D eigenvalue weighted by Gasteiger charge is -2.37. The molecule has 2 aliphatic rings. The van der Waals surface area contributed by atoms with E-state index in [0.717, 1.165) is 23.5 Å². The maximum absolute atomic E-state index is 14.1. The van der Waals surface area contributed by atoms with E-state index in [2.05, 4.69) is 22.1 Å². The van der Waals surface area contributed by atoms with E-state index in [4.69, 9.17) is 17.3 Å². The van der Waals surface area contributed by atoms with E-state index < -0.39 is 23.3 Å². The summed E-state index contributed by atoms with van der Waals surface area (Å²) >= 11 is 6.27. The number of aromatic nitrogens is 2. The first-order chi connectivity index (χ1) is 14.1. The van der Waals surface area contributed by atoms with E-state index in [1.807, 2.05) is 5.32 Å². The standard InChI is InChI=1S/C19H15ClF3N5O2/c20-13-6-12-15(5-11(13)8-28-9-25-7-14(24)16(28)29)26-17(30)27-18(12,19(21,22)23)4-3-10-1-2-10/h5-7,9-10H,1-2,8,24H2,(H2,26,27,30). The molecule has 0 bridgehead atoms. The second-order valence-corrected chi connectivity index (χ2v) is 7.55. The number of benzene rings is 1. The van der Waals surface area contributed by atoms with Gasteiger partial charge in [0.2, 0.25) is 5.54 Å². The molecule has 2 amide bonds. The summed E-state index contributed by atoms with van der Waals surface area (Å²) in [5.74, 6) is 4.74. The van der Waals surface area contributed by atoms with Gasteiger partial charge in [-0.2, -0.15) is 13.2 Å². The first kappa shape index (κ1) is 20.1. The number of fused-ring (bicyclic) bond motifs is 1. The number of urea groups is 1. The Morgan fingerprint density at radius 2 is 2.07 bits per heavy atom. The predicted octanol–water partition coefficient (Wildman–Crippen LogP) is 2.83. The van der Waals surface area contributed by atoms with E-state index in [-0.39, 0.29) is 34.4 Å². The third-order valence-electron chi connectivity index (χ3n) is 4.87. The number of nitrogens with zero attached hydrogens (tertiary/aromatic N) is 2. The summed E-state index contributed by atoms with van der Waals surface area (Å²) in [5.41, 5.74) is 1.96. The highest BCUT2D eigenvalue weighted by Crippen LogP contribution is 2.45. The van der Waals surface area contributed by atoms with Gasteiger partial charge in [0, 0.05) is 22.2 Å². The van der Waals surface area contributed by atoms with Crippen LogP contribution in [0.15, 0.2) is 29.5 Å². The molecule has 2 heterocycles. The highest BCUT2D eigenvalue weighted by Gasteiger charge is 2.59. The first-order valence-corrected chi connectivity index (χ1v) is 9.30. The summed E-state index contributed by atoms with van der Waals surface area (Å²) in [6.07, 6.45) is -1.02. The van der Waals surface area contributed by atoms with Gasteiger partial charge in [-0.1, -0.05) is 23.4 Å². The molecule has 1 aromatic heterocycles. The van der Waals surface area contributed by atoms with Crippen LogP contribution in [0.25, 0.3) is 0 Å². The fraction of sp³-hybridized carbons (Fsp3) is 0.316. The number of nitrogen functional groups attached to an aromatic ring is 1. The Kier molecular flexibility index (Phi) is 4.66. The van der Waals surface area contributed by atoms with Crippen LogP contribution in [-0.4, -0.2) is 21.8 Å². The molecule has 4 rings (SSSR count). The monoisotopic (exact) mass is 437 g/mol. The Hall–Kier alpha value is -3.19. The van der Waals surface area contributed by atoms with Gasteiger partial charge in [0.1, 0.15) is 5.69 Å². The van der Waals surface area contributed by atoms with Gasteiger partial charge in [-0.05, 0) is 30.5 Å². The number of nitrogens with one attached hydrogen (secondary N) is 2. The van der Waals surface area contributed by atoms with Crippen LogP contribution in [0.5, 0.6) is 0 Å². The van der Waals surface area contributed by atoms with Crippen molar-refractivity contribution in [2.24, 2.45) is 5.92 Å². The van der Waals surface area contributed by atoms with Gasteiger partial charge < -0.3 is 16.4 Å². The van der Waals surface area contributed by atoms with Gasteiger partial charge in [-0.3, -0.25) is 9.36 Å². The van der Waals surface area contributed by atoms with Crippen molar-refractivity contribution < 1.29 is 18.0 Å². The van der Waals surface area contributed by atoms with Gasteiger partial charge in [0.25, 0.3) is 5.56 Å². The maximum Gasteiger partial charge on any atom is 0.427 e. The van der Waals surface area contributed by atoms with Crippen molar-refractivity contribution >= 4 is 29.0 Å². The highest BCUT2D eigenvalue weighted by atomic mass is 35.5. The summed E-state index contributed by atoms with van der Waals surface area (Å²) in [4.78, 5) is 28.0. The summed E-state index contributed by atoms with van der Waals surface area (Å²) in [6.45, 7) is -0.0982. The van der Waals surface area contributed by atoms with Gasteiger partial charge in [0.15, 0.2) is 0 Å². The van der Waals surface area contributed by atoms with Crippen LogP contribution in [0.2, 0.25) is 5.02 Å². The molecule has 7 nitrogen and oxygen atoms in total. The van der Waals surface area contributed by atoms with E-state index in [0.29, 0.717) is 5.56 Å². The van der Waals surface area contributed by atoms with Gasteiger partial charge in [0.05, 0.1) is 19.1 Å². The minimum Gasteiger partial charge on any atom is -0.393 e. The molecular weight excluding hydrogens is 423 g/mol. The first-order valence-electron chi connectivity index (χ1n) is 8.92. The molecule has 0 spiro atoms. The van der Waals surface area contributed by atoms with Crippen LogP contribution in [0.1, 0.15) is 24.0 Å². The summed E-state index contributed by atoms with van der Waals surface area (Å²) in [7, 11) is 0. The van der Waals surface area contributed by atoms with Crippen LogP contribution in [-0.2, 0) is 12.1 Å². The van der Waals surface area contributed by atoms with Gasteiger partial charge in [-0.25, -0.2) is 9.78 Å². The minimum absolute atomic E-state index is 0.0251. The number of anilines is 2. The molecule has 1 fully saturated rings. The van der Waals surface area contributed by atoms with Crippen molar-refractivity contribution in [2.45, 2.75) is 31.1 Å². The Labute approximate surface area is 173 Å². The maximum atomic E-state index is 14.1. The molecule has 4 N–H and O–H groups in total. The van der Waals surface area contributed by atoms with E-state index in [9.17, 15) is 22.8 Å². The molecule has 0 radical (unpaired) electrons. The number of amides is 2. The highest BCUT2D eigenvalue weighted by molar-refractivity contribution is 6.31. The van der Waals surface area contributed by atoms with E-state index in [1.54, 1.807) is 0 Å². The van der Waals surface area contributed by atoms with Crippen LogP contribution in [0.4, 0.5) is 29.3 Å². The normalized spacial score (nSPS) is 20.5. The molecule has 1 atom stereocenters. The second-order valence-electron chi connectivity index (χ2n) is 7.14. The SMILES string of the molecule is Nc1cncn(Cc2cc3c(cc2Cl)C(C#CC2CC2)(C(F)(F)F)NC(=O)N3)c1=O. The van der Waals surface area contributed by atoms with E-state index in [1.165, 1.54) is 18.6 Å². The summed E-state index contributed by atoms with van der Waals surface area (Å²) in [5, 5.41) is 4.27. The zero-order valence-corrected chi connectivity index (χ0v) is 16.1. The van der Waals surface area contributed by atoms with Crippen LogP contribution in [0, 0.1) is 17.8 Å². The number of rotatable bonds is 2. The molecule has 2 aromatic rings. The molecule has 1 aliphatic carbocycles. The minimum atomic E-state index is -4.89. The molecule has 30 heavy (non-hydrogen) atoms. The predicted molar refractivity (Wildman–Crippen MR) is 104 cm³/mol. The van der Waals surface area contributed by atoms with Gasteiger partial charge >= 0.3 is 12.2 Å². The van der Waals surface area contributed by atoms with Crippen molar-refractivity contribution in [3.8, 4) is 11.8 Å². The molecule has 11 heteroatoms. The number of hydrogen-bond donors (Lipinski definition) is 3. The van der Waals surface area contributed by atoms with Crippen LogP contribution in [0.3, 0.4) is 0 Å².